The van der Waals surface area contributed by atoms with Gasteiger partial charge in [-0.15, -0.1) is 0 Å². The van der Waals surface area contributed by atoms with Crippen LogP contribution in [-0.2, 0) is 5.41 Å². The van der Waals surface area contributed by atoms with Crippen molar-refractivity contribution in [3.05, 3.63) is 151 Å². The van der Waals surface area contributed by atoms with Crippen LogP contribution in [0.5, 0.6) is 0 Å². The van der Waals surface area contributed by atoms with Crippen LogP contribution in [0.3, 0.4) is 0 Å². The molecule has 0 bridgehead atoms. The van der Waals surface area contributed by atoms with Crippen molar-refractivity contribution in [3.63, 3.8) is 0 Å². The third-order valence-electron chi connectivity index (χ3n) is 9.57. The lowest BCUT2D eigenvalue weighted by Crippen LogP contribution is -2.14. The van der Waals surface area contributed by atoms with Crippen molar-refractivity contribution in [2.45, 2.75) is 19.3 Å². The molecule has 0 saturated carbocycles. The molecule has 1 aliphatic rings. The second-order valence-electron chi connectivity index (χ2n) is 12.1. The molecule has 8 aromatic rings. The zero-order valence-corrected chi connectivity index (χ0v) is 23.7. The van der Waals surface area contributed by atoms with E-state index < -0.39 is 0 Å². The molecule has 7 aromatic carbocycles. The molecule has 0 aliphatic heterocycles. The first-order valence-electron chi connectivity index (χ1n) is 14.8. The summed E-state index contributed by atoms with van der Waals surface area (Å²) in [6.45, 7) is 4.70. The van der Waals surface area contributed by atoms with Crippen LogP contribution in [0.2, 0.25) is 0 Å². The van der Waals surface area contributed by atoms with E-state index in [4.69, 9.17) is 0 Å². The Kier molecular flexibility index (Phi) is 4.73. The lowest BCUT2D eigenvalue weighted by molar-refractivity contribution is 0.660. The molecule has 1 nitrogen and oxygen atoms in total. The van der Waals surface area contributed by atoms with Crippen molar-refractivity contribution in [3.8, 4) is 27.9 Å². The van der Waals surface area contributed by atoms with Gasteiger partial charge >= 0.3 is 0 Å². The molecule has 0 N–H and O–H groups in total. The van der Waals surface area contributed by atoms with Gasteiger partial charge in [-0.25, -0.2) is 0 Å². The molecular weight excluding hydrogens is 506 g/mol. The van der Waals surface area contributed by atoms with Gasteiger partial charge in [0.25, 0.3) is 0 Å². The third-order valence-corrected chi connectivity index (χ3v) is 9.57. The van der Waals surface area contributed by atoms with E-state index in [1.54, 1.807) is 0 Å². The number of rotatable bonds is 2. The molecule has 42 heavy (non-hydrogen) atoms. The molecule has 1 heterocycles. The minimum atomic E-state index is -0.0194. The van der Waals surface area contributed by atoms with E-state index in [1.807, 2.05) is 0 Å². The van der Waals surface area contributed by atoms with Crippen LogP contribution in [0.4, 0.5) is 0 Å². The fourth-order valence-corrected chi connectivity index (χ4v) is 7.63. The fraction of sp³-hybridized carbons (Fsp3) is 0.0732. The first-order chi connectivity index (χ1) is 20.6. The first-order valence-corrected chi connectivity index (χ1v) is 14.8. The lowest BCUT2D eigenvalue weighted by atomic mass is 9.82. The van der Waals surface area contributed by atoms with Gasteiger partial charge in [0.15, 0.2) is 0 Å². The van der Waals surface area contributed by atoms with E-state index in [2.05, 4.69) is 158 Å². The van der Waals surface area contributed by atoms with Crippen LogP contribution in [-0.4, -0.2) is 4.57 Å². The average Bonchev–Trinajstić information content (AvgIpc) is 3.51. The average molecular weight is 536 g/mol. The van der Waals surface area contributed by atoms with Crippen LogP contribution >= 0.6 is 0 Å². The normalized spacial score (nSPS) is 13.7. The minimum absolute atomic E-state index is 0.0194. The van der Waals surface area contributed by atoms with Gasteiger partial charge in [-0.05, 0) is 79.2 Å². The van der Waals surface area contributed by atoms with Gasteiger partial charge in [0.05, 0.1) is 11.0 Å². The minimum Gasteiger partial charge on any atom is -0.309 e. The summed E-state index contributed by atoms with van der Waals surface area (Å²) in [6, 6.07) is 51.6. The monoisotopic (exact) mass is 535 g/mol. The van der Waals surface area contributed by atoms with Crippen molar-refractivity contribution >= 4 is 43.4 Å². The number of hydrogen-bond acceptors (Lipinski definition) is 0. The summed E-state index contributed by atoms with van der Waals surface area (Å²) >= 11 is 0. The summed E-state index contributed by atoms with van der Waals surface area (Å²) in [5.74, 6) is 0. The highest BCUT2D eigenvalue weighted by Crippen LogP contribution is 2.52. The Balaban J connectivity index is 1.36. The molecule has 1 heteroatoms. The molecule has 0 amide bonds. The molecule has 0 fully saturated rings. The molecule has 1 aliphatic carbocycles. The molecule has 0 saturated heterocycles. The predicted molar refractivity (Wildman–Crippen MR) is 179 cm³/mol. The summed E-state index contributed by atoms with van der Waals surface area (Å²) in [5, 5.41) is 7.78. The molecule has 0 atom stereocenters. The predicted octanol–water partition coefficient (Wildman–Crippen LogP) is 11.1. The number of fused-ring (bicyclic) bond motifs is 10. The maximum absolute atomic E-state index is 2.47. The third kappa shape index (κ3) is 3.08. The van der Waals surface area contributed by atoms with E-state index >= 15 is 0 Å². The van der Waals surface area contributed by atoms with E-state index in [9.17, 15) is 0 Å². The standard InChI is InChI=1S/C41H29N/c1-41(2)34-19-8-7-17-33(34)38-32(18-10-20-35(38)41)28-13-9-14-29(25-28)42-36-23-21-26-11-3-5-15-30(26)39(36)40-31-16-6-4-12-27(31)22-24-37(40)42/h3-25H,1-2H3. The Bertz CT molecular complexity index is 2290. The van der Waals surface area contributed by atoms with Gasteiger partial charge < -0.3 is 4.57 Å². The van der Waals surface area contributed by atoms with Gasteiger partial charge in [-0.2, -0.15) is 0 Å². The summed E-state index contributed by atoms with van der Waals surface area (Å²) in [4.78, 5) is 0. The summed E-state index contributed by atoms with van der Waals surface area (Å²) in [6.07, 6.45) is 0. The molecule has 1 aromatic heterocycles. The smallest absolute Gasteiger partial charge is 0.0547 e. The zero-order valence-electron chi connectivity index (χ0n) is 23.7. The van der Waals surface area contributed by atoms with Crippen LogP contribution in [0.15, 0.2) is 140 Å². The van der Waals surface area contributed by atoms with Gasteiger partial charge in [0, 0.05) is 21.9 Å². The van der Waals surface area contributed by atoms with E-state index in [0.29, 0.717) is 0 Å². The SMILES string of the molecule is CC1(C)c2ccccc2-c2c(-c3cccc(-n4c5ccc6ccccc6c5c5c6ccccc6ccc54)c3)cccc21. The second-order valence-corrected chi connectivity index (χ2v) is 12.1. The van der Waals surface area contributed by atoms with Crippen molar-refractivity contribution in [1.29, 1.82) is 0 Å². The van der Waals surface area contributed by atoms with Crippen LogP contribution in [0.1, 0.15) is 25.0 Å². The van der Waals surface area contributed by atoms with Crippen molar-refractivity contribution in [2.75, 3.05) is 0 Å². The highest BCUT2D eigenvalue weighted by Gasteiger charge is 2.36. The summed E-state index contributed by atoms with van der Waals surface area (Å²) in [5.41, 5.74) is 11.7. The fourth-order valence-electron chi connectivity index (χ4n) is 7.63. The van der Waals surface area contributed by atoms with Crippen molar-refractivity contribution < 1.29 is 0 Å². The molecule has 9 rings (SSSR count). The highest BCUT2D eigenvalue weighted by atomic mass is 15.0. The Morgan fingerprint density at radius 1 is 0.476 bits per heavy atom. The Hall–Kier alpha value is -5.14. The van der Waals surface area contributed by atoms with Crippen molar-refractivity contribution in [1.82, 2.24) is 4.57 Å². The Labute approximate surface area is 245 Å². The van der Waals surface area contributed by atoms with E-state index in [1.165, 1.54) is 82.4 Å². The molecule has 0 spiro atoms. The maximum Gasteiger partial charge on any atom is 0.0547 e. The van der Waals surface area contributed by atoms with E-state index in [0.717, 1.165) is 0 Å². The lowest BCUT2D eigenvalue weighted by Gasteiger charge is -2.21. The number of benzene rings is 7. The maximum atomic E-state index is 2.47. The number of nitrogens with zero attached hydrogens (tertiary/aromatic N) is 1. The quantitative estimate of drug-likeness (QED) is 0.207. The van der Waals surface area contributed by atoms with Crippen molar-refractivity contribution in [2.24, 2.45) is 0 Å². The van der Waals surface area contributed by atoms with Crippen LogP contribution in [0.25, 0.3) is 71.3 Å². The van der Waals surface area contributed by atoms with Gasteiger partial charge in [-0.1, -0.05) is 129 Å². The topological polar surface area (TPSA) is 4.93 Å². The zero-order chi connectivity index (χ0) is 28.0. The Morgan fingerprint density at radius 2 is 1.05 bits per heavy atom. The van der Waals surface area contributed by atoms with Gasteiger partial charge in [-0.3, -0.25) is 0 Å². The first kappa shape index (κ1) is 23.6. The molecule has 0 unspecified atom stereocenters. The number of hydrogen-bond donors (Lipinski definition) is 0. The molecule has 0 radical (unpaired) electrons. The van der Waals surface area contributed by atoms with Gasteiger partial charge in [0.2, 0.25) is 0 Å². The number of aromatic nitrogens is 1. The highest BCUT2D eigenvalue weighted by molar-refractivity contribution is 6.28. The summed E-state index contributed by atoms with van der Waals surface area (Å²) < 4.78 is 2.47. The molecular formula is C41H29N. The second kappa shape index (κ2) is 8.44. The van der Waals surface area contributed by atoms with Crippen LogP contribution in [0, 0.1) is 0 Å². The largest absolute Gasteiger partial charge is 0.309 e. The van der Waals surface area contributed by atoms with Gasteiger partial charge in [0.1, 0.15) is 0 Å². The molecule has 198 valence electrons. The summed E-state index contributed by atoms with van der Waals surface area (Å²) in [7, 11) is 0. The van der Waals surface area contributed by atoms with Crippen LogP contribution < -0.4 is 0 Å². The Morgan fingerprint density at radius 3 is 1.76 bits per heavy atom. The van der Waals surface area contributed by atoms with E-state index in [-0.39, 0.29) is 5.41 Å².